The van der Waals surface area contributed by atoms with E-state index in [-0.39, 0.29) is 6.04 Å². The molecular formula is C13H23N3O. The van der Waals surface area contributed by atoms with Crippen LogP contribution in [0.25, 0.3) is 0 Å². The zero-order chi connectivity index (χ0) is 12.4. The summed E-state index contributed by atoms with van der Waals surface area (Å²) in [5.41, 5.74) is 9.53. The van der Waals surface area contributed by atoms with Gasteiger partial charge in [-0.15, -0.1) is 0 Å². The Morgan fingerprint density at radius 2 is 2.29 bits per heavy atom. The van der Waals surface area contributed by atoms with Crippen molar-refractivity contribution in [1.82, 2.24) is 9.78 Å². The quantitative estimate of drug-likeness (QED) is 0.864. The summed E-state index contributed by atoms with van der Waals surface area (Å²) in [5.74, 6) is 0. The Hall–Kier alpha value is -0.870. The number of ether oxygens (including phenoxy) is 1. The Kier molecular flexibility index (Phi) is 3.84. The lowest BCUT2D eigenvalue weighted by Crippen LogP contribution is -2.19. The van der Waals surface area contributed by atoms with Crippen LogP contribution in [0.3, 0.4) is 0 Å². The van der Waals surface area contributed by atoms with E-state index < -0.39 is 0 Å². The molecule has 4 heteroatoms. The van der Waals surface area contributed by atoms with Crippen LogP contribution in [-0.4, -0.2) is 28.5 Å². The number of hydrogen-bond donors (Lipinski definition) is 1. The van der Waals surface area contributed by atoms with Gasteiger partial charge in [-0.3, -0.25) is 4.68 Å². The molecule has 17 heavy (non-hydrogen) atoms. The van der Waals surface area contributed by atoms with Crippen LogP contribution < -0.4 is 5.73 Å². The summed E-state index contributed by atoms with van der Waals surface area (Å²) in [5, 5.41) is 4.61. The molecule has 2 atom stereocenters. The maximum absolute atomic E-state index is 5.87. The van der Waals surface area contributed by atoms with Crippen molar-refractivity contribution in [3.05, 3.63) is 17.0 Å². The van der Waals surface area contributed by atoms with Gasteiger partial charge in [-0.1, -0.05) is 0 Å². The van der Waals surface area contributed by atoms with Gasteiger partial charge in [0.1, 0.15) is 0 Å². The summed E-state index contributed by atoms with van der Waals surface area (Å²) < 4.78 is 7.74. The highest BCUT2D eigenvalue weighted by molar-refractivity contribution is 5.25. The van der Waals surface area contributed by atoms with E-state index in [4.69, 9.17) is 10.5 Å². The molecule has 2 rings (SSSR count). The minimum absolute atomic E-state index is 0.188. The fourth-order valence-electron chi connectivity index (χ4n) is 2.51. The monoisotopic (exact) mass is 237 g/mol. The SMILES string of the molecule is Cc1nn(CC2CCCO2)c(C)c1CC(C)N. The Labute approximate surface area is 103 Å². The average molecular weight is 237 g/mol. The number of aryl methyl sites for hydroxylation is 1. The summed E-state index contributed by atoms with van der Waals surface area (Å²) in [6, 6.07) is 0.188. The van der Waals surface area contributed by atoms with Gasteiger partial charge in [-0.05, 0) is 45.6 Å². The maximum Gasteiger partial charge on any atom is 0.0771 e. The molecule has 2 heterocycles. The second-order valence-electron chi connectivity index (χ2n) is 5.15. The molecule has 2 unspecified atom stereocenters. The standard InChI is InChI=1S/C13H23N3O/c1-9(14)7-13-10(2)15-16(11(13)3)8-12-5-4-6-17-12/h9,12H,4-8,14H2,1-3H3. The van der Waals surface area contributed by atoms with Crippen molar-refractivity contribution in [3.63, 3.8) is 0 Å². The molecule has 1 aliphatic heterocycles. The van der Waals surface area contributed by atoms with Gasteiger partial charge in [0, 0.05) is 18.3 Å². The van der Waals surface area contributed by atoms with Crippen molar-refractivity contribution < 1.29 is 4.74 Å². The van der Waals surface area contributed by atoms with E-state index in [1.165, 1.54) is 17.7 Å². The first kappa shape index (κ1) is 12.6. The Balaban J connectivity index is 2.12. The van der Waals surface area contributed by atoms with E-state index in [9.17, 15) is 0 Å². The van der Waals surface area contributed by atoms with Crippen LogP contribution in [0.4, 0.5) is 0 Å². The minimum atomic E-state index is 0.188. The number of nitrogens with zero attached hydrogens (tertiary/aromatic N) is 2. The highest BCUT2D eigenvalue weighted by atomic mass is 16.5. The first-order valence-electron chi connectivity index (χ1n) is 6.48. The van der Waals surface area contributed by atoms with Gasteiger partial charge in [0.2, 0.25) is 0 Å². The number of hydrogen-bond acceptors (Lipinski definition) is 3. The second kappa shape index (κ2) is 5.19. The third-order valence-electron chi connectivity index (χ3n) is 3.46. The predicted molar refractivity (Wildman–Crippen MR) is 68.0 cm³/mol. The summed E-state index contributed by atoms with van der Waals surface area (Å²) >= 11 is 0. The van der Waals surface area contributed by atoms with Gasteiger partial charge in [-0.25, -0.2) is 0 Å². The van der Waals surface area contributed by atoms with Gasteiger partial charge in [0.05, 0.1) is 18.3 Å². The van der Waals surface area contributed by atoms with Gasteiger partial charge in [0.25, 0.3) is 0 Å². The first-order chi connectivity index (χ1) is 8.08. The van der Waals surface area contributed by atoms with E-state index in [0.717, 1.165) is 31.7 Å². The fourth-order valence-corrected chi connectivity index (χ4v) is 2.51. The third-order valence-corrected chi connectivity index (χ3v) is 3.46. The molecule has 0 radical (unpaired) electrons. The first-order valence-corrected chi connectivity index (χ1v) is 6.48. The fraction of sp³-hybridized carbons (Fsp3) is 0.769. The zero-order valence-electron chi connectivity index (χ0n) is 11.1. The minimum Gasteiger partial charge on any atom is -0.376 e. The summed E-state index contributed by atoms with van der Waals surface area (Å²) in [7, 11) is 0. The average Bonchev–Trinajstić information content (AvgIpc) is 2.83. The van der Waals surface area contributed by atoms with E-state index in [1.807, 2.05) is 6.92 Å². The van der Waals surface area contributed by atoms with Crippen LogP contribution >= 0.6 is 0 Å². The van der Waals surface area contributed by atoms with Crippen LogP contribution in [0.5, 0.6) is 0 Å². The van der Waals surface area contributed by atoms with Crippen molar-refractivity contribution in [2.45, 2.75) is 58.7 Å². The zero-order valence-corrected chi connectivity index (χ0v) is 11.1. The van der Waals surface area contributed by atoms with Crippen LogP contribution in [0.2, 0.25) is 0 Å². The van der Waals surface area contributed by atoms with Crippen molar-refractivity contribution in [2.75, 3.05) is 6.61 Å². The number of aromatic nitrogens is 2. The third kappa shape index (κ3) is 2.87. The molecule has 4 nitrogen and oxygen atoms in total. The Bertz CT molecular complexity index is 378. The molecule has 1 aromatic heterocycles. The van der Waals surface area contributed by atoms with Crippen molar-refractivity contribution in [3.8, 4) is 0 Å². The predicted octanol–water partition coefficient (Wildman–Crippen LogP) is 1.57. The molecule has 1 saturated heterocycles. The lowest BCUT2D eigenvalue weighted by atomic mass is 10.1. The Morgan fingerprint density at radius 1 is 1.53 bits per heavy atom. The molecule has 1 aromatic rings. The van der Waals surface area contributed by atoms with Crippen molar-refractivity contribution in [1.29, 1.82) is 0 Å². The highest BCUT2D eigenvalue weighted by Crippen LogP contribution is 2.19. The second-order valence-corrected chi connectivity index (χ2v) is 5.15. The van der Waals surface area contributed by atoms with E-state index in [0.29, 0.717) is 6.10 Å². The van der Waals surface area contributed by atoms with Crippen LogP contribution in [0.1, 0.15) is 36.7 Å². The molecule has 0 amide bonds. The molecule has 1 aliphatic rings. The summed E-state index contributed by atoms with van der Waals surface area (Å²) in [6.45, 7) is 8.02. The van der Waals surface area contributed by atoms with Gasteiger partial charge in [-0.2, -0.15) is 5.10 Å². The van der Waals surface area contributed by atoms with Crippen LogP contribution in [0, 0.1) is 13.8 Å². The van der Waals surface area contributed by atoms with Gasteiger partial charge < -0.3 is 10.5 Å². The van der Waals surface area contributed by atoms with Crippen molar-refractivity contribution in [2.24, 2.45) is 5.73 Å². The molecule has 0 saturated carbocycles. The van der Waals surface area contributed by atoms with Crippen LogP contribution in [0.15, 0.2) is 0 Å². The highest BCUT2D eigenvalue weighted by Gasteiger charge is 2.19. The van der Waals surface area contributed by atoms with Gasteiger partial charge >= 0.3 is 0 Å². The van der Waals surface area contributed by atoms with Gasteiger partial charge in [0.15, 0.2) is 0 Å². The molecule has 96 valence electrons. The molecular weight excluding hydrogens is 214 g/mol. The van der Waals surface area contributed by atoms with Crippen molar-refractivity contribution >= 4 is 0 Å². The lowest BCUT2D eigenvalue weighted by molar-refractivity contribution is 0.0934. The smallest absolute Gasteiger partial charge is 0.0771 e. The number of nitrogens with two attached hydrogens (primary N) is 1. The van der Waals surface area contributed by atoms with Crippen LogP contribution in [-0.2, 0) is 17.7 Å². The topological polar surface area (TPSA) is 53.1 Å². The molecule has 2 N–H and O–H groups in total. The number of rotatable bonds is 4. The molecule has 1 fully saturated rings. The normalized spacial score (nSPS) is 22.0. The van der Waals surface area contributed by atoms with E-state index >= 15 is 0 Å². The Morgan fingerprint density at radius 3 is 2.88 bits per heavy atom. The maximum atomic E-state index is 5.87. The summed E-state index contributed by atoms with van der Waals surface area (Å²) in [4.78, 5) is 0. The van der Waals surface area contributed by atoms with E-state index in [1.54, 1.807) is 0 Å². The molecule has 0 aliphatic carbocycles. The molecule has 0 bridgehead atoms. The van der Waals surface area contributed by atoms with E-state index in [2.05, 4.69) is 23.6 Å². The molecule has 0 aromatic carbocycles. The largest absolute Gasteiger partial charge is 0.376 e. The summed E-state index contributed by atoms with van der Waals surface area (Å²) in [6.07, 6.45) is 3.58. The molecule has 0 spiro atoms. The lowest BCUT2D eigenvalue weighted by Gasteiger charge is -2.11.